The number of nitrogens with one attached hydrogen (secondary N) is 1. The third kappa shape index (κ3) is 4.48. The molecule has 0 aliphatic carbocycles. The van der Waals surface area contributed by atoms with Crippen LogP contribution < -0.4 is 4.90 Å². The smallest absolute Gasteiger partial charge is 0.142 e. The van der Waals surface area contributed by atoms with E-state index >= 15 is 0 Å². The van der Waals surface area contributed by atoms with Gasteiger partial charge in [-0.25, -0.2) is 4.98 Å². The molecule has 37 heavy (non-hydrogen) atoms. The number of phenolic OH excluding ortho intramolecular Hbond substituents is 1. The van der Waals surface area contributed by atoms with Crippen molar-refractivity contribution in [1.82, 2.24) is 9.97 Å². The number of para-hydroxylation sites is 2. The number of hydrogen-bond donors (Lipinski definition) is 2. The van der Waals surface area contributed by atoms with E-state index in [1.165, 1.54) is 0 Å². The molecule has 0 saturated carbocycles. The number of phenols is 1. The molecule has 0 aliphatic heterocycles. The van der Waals surface area contributed by atoms with Crippen LogP contribution in [0.5, 0.6) is 5.75 Å². The summed E-state index contributed by atoms with van der Waals surface area (Å²) in [7, 11) is 0. The predicted molar refractivity (Wildman–Crippen MR) is 151 cm³/mol. The second kappa shape index (κ2) is 9.88. The quantitative estimate of drug-likeness (QED) is 0.251. The molecule has 178 valence electrons. The number of anilines is 3. The van der Waals surface area contributed by atoms with E-state index in [1.807, 2.05) is 97.1 Å². The van der Waals surface area contributed by atoms with Gasteiger partial charge in [-0.15, -0.1) is 0 Å². The van der Waals surface area contributed by atoms with Crippen LogP contribution in [0.2, 0.25) is 0 Å². The van der Waals surface area contributed by atoms with Crippen molar-refractivity contribution in [1.29, 1.82) is 0 Å². The summed E-state index contributed by atoms with van der Waals surface area (Å²) in [5.41, 5.74) is 7.34. The van der Waals surface area contributed by atoms with Crippen molar-refractivity contribution in [2.45, 2.75) is 0 Å². The van der Waals surface area contributed by atoms with Gasteiger partial charge in [-0.05, 0) is 36.4 Å². The van der Waals surface area contributed by atoms with Gasteiger partial charge >= 0.3 is 0 Å². The number of aromatic hydroxyl groups is 1. The zero-order valence-electron chi connectivity index (χ0n) is 20.1. The second-order valence-electron chi connectivity index (χ2n) is 8.75. The largest absolute Gasteiger partial charge is 0.507 e. The molecular formula is C33H25N3O. The van der Waals surface area contributed by atoms with Gasteiger partial charge in [-0.2, -0.15) is 0 Å². The van der Waals surface area contributed by atoms with Crippen LogP contribution in [0.1, 0.15) is 0 Å². The molecule has 0 fully saturated rings. The van der Waals surface area contributed by atoms with Crippen molar-refractivity contribution < 1.29 is 5.11 Å². The topological polar surface area (TPSA) is 52.1 Å². The van der Waals surface area contributed by atoms with Gasteiger partial charge < -0.3 is 15.0 Å². The van der Waals surface area contributed by atoms with Crippen LogP contribution in [0.15, 0.2) is 140 Å². The molecule has 6 rings (SSSR count). The standard InChI is InChI=1S/C33H25N3O/c37-30-23-28(36(26-17-9-3-10-18-26)27-19-11-4-12-20-27)21-22-29(30)33-34-31(24-13-5-1-6-14-24)32(35-33)25-15-7-2-8-16-25/h1-23,37H,(H,34,35). The highest BCUT2D eigenvalue weighted by molar-refractivity contribution is 5.84. The van der Waals surface area contributed by atoms with Gasteiger partial charge in [0, 0.05) is 34.3 Å². The number of imidazole rings is 1. The first-order chi connectivity index (χ1) is 18.3. The van der Waals surface area contributed by atoms with E-state index in [-0.39, 0.29) is 5.75 Å². The van der Waals surface area contributed by atoms with Gasteiger partial charge in [0.15, 0.2) is 0 Å². The first kappa shape index (κ1) is 22.4. The summed E-state index contributed by atoms with van der Waals surface area (Å²) in [5.74, 6) is 0.773. The van der Waals surface area contributed by atoms with Gasteiger partial charge in [0.1, 0.15) is 11.6 Å². The molecule has 0 unspecified atom stereocenters. The SMILES string of the molecule is Oc1cc(N(c2ccccc2)c2ccccc2)ccc1-c1nc(-c2ccccc2)c(-c2ccccc2)[nH]1. The Morgan fingerprint density at radius 3 is 1.59 bits per heavy atom. The maximum atomic E-state index is 11.2. The van der Waals surface area contributed by atoms with Crippen LogP contribution in [-0.4, -0.2) is 15.1 Å². The highest BCUT2D eigenvalue weighted by Gasteiger charge is 2.19. The van der Waals surface area contributed by atoms with Gasteiger partial charge in [0.2, 0.25) is 0 Å². The van der Waals surface area contributed by atoms with Crippen LogP contribution in [0.4, 0.5) is 17.1 Å². The first-order valence-electron chi connectivity index (χ1n) is 12.2. The maximum Gasteiger partial charge on any atom is 0.142 e. The molecule has 5 aromatic carbocycles. The highest BCUT2D eigenvalue weighted by atomic mass is 16.3. The van der Waals surface area contributed by atoms with Crippen LogP contribution in [-0.2, 0) is 0 Å². The summed E-state index contributed by atoms with van der Waals surface area (Å²) in [6.45, 7) is 0. The van der Waals surface area contributed by atoms with E-state index in [4.69, 9.17) is 4.98 Å². The Morgan fingerprint density at radius 2 is 1.05 bits per heavy atom. The molecule has 4 heteroatoms. The lowest BCUT2D eigenvalue weighted by atomic mass is 10.1. The summed E-state index contributed by atoms with van der Waals surface area (Å²) in [4.78, 5) is 10.6. The van der Waals surface area contributed by atoms with Gasteiger partial charge in [-0.1, -0.05) is 97.1 Å². The molecule has 0 spiro atoms. The van der Waals surface area contributed by atoms with Gasteiger partial charge in [0.05, 0.1) is 17.0 Å². The van der Waals surface area contributed by atoms with Crippen LogP contribution in [0.3, 0.4) is 0 Å². The third-order valence-electron chi connectivity index (χ3n) is 6.34. The van der Waals surface area contributed by atoms with Crippen molar-refractivity contribution in [2.75, 3.05) is 4.90 Å². The maximum absolute atomic E-state index is 11.2. The molecule has 0 amide bonds. The summed E-state index contributed by atoms with van der Waals surface area (Å²) < 4.78 is 0. The molecule has 1 aromatic heterocycles. The van der Waals surface area contributed by atoms with Crippen LogP contribution >= 0.6 is 0 Å². The van der Waals surface area contributed by atoms with Crippen LogP contribution in [0.25, 0.3) is 33.9 Å². The molecule has 4 nitrogen and oxygen atoms in total. The van der Waals surface area contributed by atoms with E-state index in [0.29, 0.717) is 11.4 Å². The average Bonchev–Trinajstić information content (AvgIpc) is 3.41. The lowest BCUT2D eigenvalue weighted by Gasteiger charge is -2.25. The highest BCUT2D eigenvalue weighted by Crippen LogP contribution is 2.40. The average molecular weight is 480 g/mol. The number of aromatic amines is 1. The van der Waals surface area contributed by atoms with Crippen molar-refractivity contribution in [2.24, 2.45) is 0 Å². The van der Waals surface area contributed by atoms with E-state index in [1.54, 1.807) is 6.07 Å². The van der Waals surface area contributed by atoms with Crippen molar-refractivity contribution in [3.05, 3.63) is 140 Å². The Balaban J connectivity index is 1.45. The van der Waals surface area contributed by atoms with Crippen LogP contribution in [0, 0.1) is 0 Å². The van der Waals surface area contributed by atoms with E-state index in [0.717, 1.165) is 39.6 Å². The minimum Gasteiger partial charge on any atom is -0.507 e. The normalized spacial score (nSPS) is 10.8. The summed E-state index contributed by atoms with van der Waals surface area (Å²) in [6.07, 6.45) is 0. The lowest BCUT2D eigenvalue weighted by molar-refractivity contribution is 0.477. The van der Waals surface area contributed by atoms with Gasteiger partial charge in [-0.3, -0.25) is 0 Å². The Hall–Kier alpha value is -5.09. The van der Waals surface area contributed by atoms with Crippen molar-refractivity contribution in [3.63, 3.8) is 0 Å². The minimum atomic E-state index is 0.155. The summed E-state index contributed by atoms with van der Waals surface area (Å²) >= 11 is 0. The lowest BCUT2D eigenvalue weighted by Crippen LogP contribution is -2.09. The predicted octanol–water partition coefficient (Wildman–Crippen LogP) is 8.59. The zero-order valence-corrected chi connectivity index (χ0v) is 20.1. The molecule has 0 aliphatic rings. The fourth-order valence-corrected chi connectivity index (χ4v) is 4.58. The number of rotatable bonds is 6. The molecule has 2 N–H and O–H groups in total. The number of aromatic nitrogens is 2. The van der Waals surface area contributed by atoms with E-state index < -0.39 is 0 Å². The summed E-state index contributed by atoms with van der Waals surface area (Å²) in [6, 6.07) is 46.3. The van der Waals surface area contributed by atoms with Crippen molar-refractivity contribution in [3.8, 4) is 39.7 Å². The van der Waals surface area contributed by atoms with E-state index in [2.05, 4.69) is 46.3 Å². The molecule has 0 saturated heterocycles. The number of benzene rings is 5. The minimum absolute atomic E-state index is 0.155. The number of H-pyrrole nitrogens is 1. The van der Waals surface area contributed by atoms with Gasteiger partial charge in [0.25, 0.3) is 0 Å². The Labute approximate surface area is 216 Å². The molecule has 0 bridgehead atoms. The van der Waals surface area contributed by atoms with Crippen molar-refractivity contribution >= 4 is 17.1 Å². The zero-order chi connectivity index (χ0) is 25.0. The Morgan fingerprint density at radius 1 is 0.541 bits per heavy atom. The third-order valence-corrected chi connectivity index (χ3v) is 6.34. The Kier molecular flexibility index (Phi) is 5.97. The number of hydrogen-bond acceptors (Lipinski definition) is 3. The molecule has 1 heterocycles. The number of nitrogens with zero attached hydrogens (tertiary/aromatic N) is 2. The fraction of sp³-hybridized carbons (Fsp3) is 0. The summed E-state index contributed by atoms with van der Waals surface area (Å²) in [5, 5.41) is 11.2. The Bertz CT molecular complexity index is 1520. The second-order valence-corrected chi connectivity index (χ2v) is 8.75. The van der Waals surface area contributed by atoms with E-state index in [9.17, 15) is 5.11 Å². The fourth-order valence-electron chi connectivity index (χ4n) is 4.58. The molecule has 0 radical (unpaired) electrons. The first-order valence-corrected chi connectivity index (χ1v) is 12.2. The molecular weight excluding hydrogens is 454 g/mol. The molecule has 0 atom stereocenters. The monoisotopic (exact) mass is 479 g/mol. The molecule has 6 aromatic rings.